The first kappa shape index (κ1) is 33.1. The molecule has 14 heteroatoms. The molecule has 2 heterocycles. The summed E-state index contributed by atoms with van der Waals surface area (Å²) in [6.07, 6.45) is 0. The molecule has 0 unspecified atom stereocenters. The molecular formula is C32H26Br2N4O6S2. The monoisotopic (exact) mass is 784 g/mol. The smallest absolute Gasteiger partial charge is 0.264 e. The highest BCUT2D eigenvalue weighted by Gasteiger charge is 2.21. The first-order valence-electron chi connectivity index (χ1n) is 13.5. The lowest BCUT2D eigenvalue weighted by atomic mass is 10.1. The zero-order valence-electron chi connectivity index (χ0n) is 24.3. The summed E-state index contributed by atoms with van der Waals surface area (Å²) >= 11 is 6.49. The maximum Gasteiger partial charge on any atom is 0.264 e. The molecule has 0 amide bonds. The van der Waals surface area contributed by atoms with Crippen molar-refractivity contribution in [1.29, 1.82) is 0 Å². The van der Waals surface area contributed by atoms with Crippen molar-refractivity contribution in [2.75, 3.05) is 9.44 Å². The van der Waals surface area contributed by atoms with Crippen LogP contribution in [0.1, 0.15) is 11.4 Å². The van der Waals surface area contributed by atoms with Crippen LogP contribution in [0.4, 0.5) is 11.8 Å². The molecule has 0 atom stereocenters. The summed E-state index contributed by atoms with van der Waals surface area (Å²) in [5, 5.41) is 7.42. The first-order valence-corrected chi connectivity index (χ1v) is 18.1. The van der Waals surface area contributed by atoms with E-state index in [1.807, 2.05) is 72.8 Å². The SMILES string of the molecule is Cc1noc(NS(=O)(=O)c2cccc(-c3ccccc3)c2)c1Br.Cc1noc(NS(=O)(=O)c2cccc(-c3ccccc3)c2)c1Br. The largest absolute Gasteiger partial charge is 0.336 e. The Morgan fingerprint density at radius 1 is 0.522 bits per heavy atom. The summed E-state index contributed by atoms with van der Waals surface area (Å²) in [4.78, 5) is 0.305. The summed E-state index contributed by atoms with van der Waals surface area (Å²) in [7, 11) is -7.53. The van der Waals surface area contributed by atoms with E-state index in [2.05, 4.69) is 51.6 Å². The number of aryl methyl sites for hydroxylation is 2. The lowest BCUT2D eigenvalue weighted by Crippen LogP contribution is -2.12. The highest BCUT2D eigenvalue weighted by molar-refractivity contribution is 9.11. The molecule has 0 bridgehead atoms. The van der Waals surface area contributed by atoms with Crippen LogP contribution in [-0.4, -0.2) is 27.1 Å². The van der Waals surface area contributed by atoms with Gasteiger partial charge in [-0.3, -0.25) is 0 Å². The van der Waals surface area contributed by atoms with Gasteiger partial charge in [0.1, 0.15) is 8.95 Å². The number of halogens is 2. The van der Waals surface area contributed by atoms with Crippen molar-refractivity contribution < 1.29 is 25.9 Å². The summed E-state index contributed by atoms with van der Waals surface area (Å²) in [5.41, 5.74) is 4.67. The normalized spacial score (nSPS) is 11.4. The van der Waals surface area contributed by atoms with E-state index in [0.29, 0.717) is 20.3 Å². The third kappa shape index (κ3) is 7.76. The van der Waals surface area contributed by atoms with Gasteiger partial charge in [0.25, 0.3) is 31.8 Å². The predicted octanol–water partition coefficient (Wildman–Crippen LogP) is 8.43. The van der Waals surface area contributed by atoms with Crippen LogP contribution in [0.15, 0.2) is 137 Å². The Kier molecular flexibility index (Phi) is 10.1. The second-order valence-corrected chi connectivity index (χ2v) is 14.8. The Labute approximate surface area is 283 Å². The fourth-order valence-corrected chi connectivity index (χ4v) is 6.99. The second kappa shape index (κ2) is 14.0. The third-order valence-electron chi connectivity index (χ3n) is 6.54. The molecule has 6 aromatic rings. The van der Waals surface area contributed by atoms with Gasteiger partial charge in [-0.25, -0.2) is 26.3 Å². The van der Waals surface area contributed by atoms with E-state index >= 15 is 0 Å². The van der Waals surface area contributed by atoms with Gasteiger partial charge < -0.3 is 9.05 Å². The van der Waals surface area contributed by atoms with Gasteiger partial charge in [0.2, 0.25) is 0 Å². The van der Waals surface area contributed by atoms with Crippen LogP contribution in [0, 0.1) is 13.8 Å². The summed E-state index contributed by atoms with van der Waals surface area (Å²) in [6, 6.07) is 32.6. The standard InChI is InChI=1S/2C16H13BrN2O3S/c2*1-11-15(17)16(22-18-11)19-23(20,21)14-9-5-8-13(10-14)12-6-3-2-4-7-12/h2*2-10,19H,1H3. The Hall–Kier alpha value is -4.24. The van der Waals surface area contributed by atoms with E-state index in [4.69, 9.17) is 9.05 Å². The lowest BCUT2D eigenvalue weighted by Gasteiger charge is -2.08. The molecule has 6 rings (SSSR count). The van der Waals surface area contributed by atoms with Crippen LogP contribution in [0.3, 0.4) is 0 Å². The molecule has 0 aliphatic heterocycles. The molecular weight excluding hydrogens is 760 g/mol. The van der Waals surface area contributed by atoms with Gasteiger partial charge in [0, 0.05) is 0 Å². The molecule has 0 aliphatic carbocycles. The van der Waals surface area contributed by atoms with Crippen LogP contribution in [0.25, 0.3) is 22.3 Å². The van der Waals surface area contributed by atoms with Crippen molar-refractivity contribution in [1.82, 2.24) is 10.3 Å². The molecule has 0 saturated heterocycles. The number of nitrogens with zero attached hydrogens (tertiary/aromatic N) is 2. The van der Waals surface area contributed by atoms with Gasteiger partial charge in [-0.15, -0.1) is 0 Å². The summed E-state index contributed by atoms with van der Waals surface area (Å²) in [6.45, 7) is 3.42. The molecule has 46 heavy (non-hydrogen) atoms. The molecule has 0 radical (unpaired) electrons. The maximum atomic E-state index is 12.5. The van der Waals surface area contributed by atoms with Crippen molar-refractivity contribution >= 4 is 63.7 Å². The van der Waals surface area contributed by atoms with Crippen molar-refractivity contribution in [3.8, 4) is 22.3 Å². The Morgan fingerprint density at radius 2 is 0.870 bits per heavy atom. The lowest BCUT2D eigenvalue weighted by molar-refractivity contribution is 0.430. The Bertz CT molecular complexity index is 2030. The zero-order valence-corrected chi connectivity index (χ0v) is 29.1. The molecule has 2 N–H and O–H groups in total. The topological polar surface area (TPSA) is 144 Å². The van der Waals surface area contributed by atoms with Gasteiger partial charge in [-0.1, -0.05) is 95.2 Å². The molecule has 0 saturated carbocycles. The molecule has 0 aliphatic rings. The van der Waals surface area contributed by atoms with Gasteiger partial charge in [-0.2, -0.15) is 0 Å². The number of hydrogen-bond donors (Lipinski definition) is 2. The van der Waals surface area contributed by atoms with Crippen LogP contribution in [-0.2, 0) is 20.0 Å². The quantitative estimate of drug-likeness (QED) is 0.157. The highest BCUT2D eigenvalue weighted by Crippen LogP contribution is 2.30. The van der Waals surface area contributed by atoms with Crippen LogP contribution in [0.5, 0.6) is 0 Å². The van der Waals surface area contributed by atoms with E-state index in [0.717, 1.165) is 22.3 Å². The van der Waals surface area contributed by atoms with E-state index in [1.54, 1.807) is 38.1 Å². The van der Waals surface area contributed by atoms with Gasteiger partial charge in [0.15, 0.2) is 0 Å². The number of rotatable bonds is 8. The number of benzene rings is 4. The third-order valence-corrected chi connectivity index (χ3v) is 11.1. The van der Waals surface area contributed by atoms with Crippen molar-refractivity contribution in [2.24, 2.45) is 0 Å². The fraction of sp³-hybridized carbons (Fsp3) is 0.0625. The number of anilines is 2. The van der Waals surface area contributed by atoms with Gasteiger partial charge in [0.05, 0.1) is 21.2 Å². The Balaban J connectivity index is 0.000000181. The first-order chi connectivity index (χ1) is 21.9. The molecule has 2 aromatic heterocycles. The van der Waals surface area contributed by atoms with E-state index in [-0.39, 0.29) is 21.6 Å². The average Bonchev–Trinajstić information content (AvgIpc) is 3.56. The fourth-order valence-electron chi connectivity index (χ4n) is 4.15. The zero-order chi connectivity index (χ0) is 32.9. The minimum atomic E-state index is -3.77. The second-order valence-electron chi connectivity index (χ2n) is 9.82. The highest BCUT2D eigenvalue weighted by atomic mass is 79.9. The minimum Gasteiger partial charge on any atom is -0.336 e. The van der Waals surface area contributed by atoms with Gasteiger partial charge in [-0.05, 0) is 92.2 Å². The summed E-state index contributed by atoms with van der Waals surface area (Å²) < 4.78 is 65.8. The van der Waals surface area contributed by atoms with E-state index < -0.39 is 20.0 Å². The van der Waals surface area contributed by atoms with Crippen LogP contribution in [0.2, 0.25) is 0 Å². The van der Waals surface area contributed by atoms with E-state index in [9.17, 15) is 16.8 Å². The molecule has 0 spiro atoms. The number of hydrogen-bond acceptors (Lipinski definition) is 8. The molecule has 236 valence electrons. The number of nitrogens with one attached hydrogen (secondary N) is 2. The molecule has 0 fully saturated rings. The average molecular weight is 787 g/mol. The molecule has 4 aromatic carbocycles. The minimum absolute atomic E-state index is 0.0626. The van der Waals surface area contributed by atoms with Crippen molar-refractivity contribution in [3.05, 3.63) is 130 Å². The van der Waals surface area contributed by atoms with E-state index in [1.165, 1.54) is 12.1 Å². The van der Waals surface area contributed by atoms with Gasteiger partial charge >= 0.3 is 0 Å². The van der Waals surface area contributed by atoms with Crippen molar-refractivity contribution in [2.45, 2.75) is 23.6 Å². The molecule has 10 nitrogen and oxygen atoms in total. The predicted molar refractivity (Wildman–Crippen MR) is 183 cm³/mol. The number of sulfonamides is 2. The van der Waals surface area contributed by atoms with Crippen LogP contribution < -0.4 is 9.44 Å². The summed E-state index contributed by atoms with van der Waals surface area (Å²) in [5.74, 6) is 0.125. The number of aromatic nitrogens is 2. The van der Waals surface area contributed by atoms with Crippen LogP contribution >= 0.6 is 31.9 Å². The maximum absolute atomic E-state index is 12.5. The Morgan fingerprint density at radius 3 is 1.20 bits per heavy atom. The van der Waals surface area contributed by atoms with Crippen molar-refractivity contribution in [3.63, 3.8) is 0 Å².